The first-order valence-electron chi connectivity index (χ1n) is 8.41. The van der Waals surface area contributed by atoms with Crippen LogP contribution in [0.4, 0.5) is 0 Å². The van der Waals surface area contributed by atoms with E-state index in [1.54, 1.807) is 0 Å². The molecule has 1 aromatic carbocycles. The quantitative estimate of drug-likeness (QED) is 0.770. The number of para-hydroxylation sites is 1. The molecule has 1 aliphatic carbocycles. The number of hydrogen-bond acceptors (Lipinski definition) is 1. The maximum Gasteiger partial charge on any atom is 0.268 e. The lowest BCUT2D eigenvalue weighted by Crippen LogP contribution is -2.34. The van der Waals surface area contributed by atoms with Crippen LogP contribution in [0.15, 0.2) is 53.6 Å². The topological polar surface area (TPSA) is 44.9 Å². The Labute approximate surface area is 137 Å². The number of allylic oxidation sites excluding steroid dienone is 3. The van der Waals surface area contributed by atoms with Crippen molar-refractivity contribution < 1.29 is 4.79 Å². The number of fused-ring (bicyclic) bond motifs is 1. The van der Waals surface area contributed by atoms with Gasteiger partial charge in [0.15, 0.2) is 0 Å². The fourth-order valence-electron chi connectivity index (χ4n) is 3.28. The Morgan fingerprint density at radius 1 is 1.35 bits per heavy atom. The third-order valence-corrected chi connectivity index (χ3v) is 4.60. The van der Waals surface area contributed by atoms with Crippen LogP contribution < -0.4 is 5.32 Å². The van der Waals surface area contributed by atoms with Crippen LogP contribution >= 0.6 is 0 Å². The van der Waals surface area contributed by atoms with Crippen LogP contribution in [-0.2, 0) is 0 Å². The second-order valence-electron chi connectivity index (χ2n) is 6.22. The molecule has 0 saturated carbocycles. The zero-order chi connectivity index (χ0) is 16.2. The number of aromatic amines is 1. The van der Waals surface area contributed by atoms with Crippen molar-refractivity contribution in [2.75, 3.05) is 0 Å². The van der Waals surface area contributed by atoms with Crippen molar-refractivity contribution in [3.8, 4) is 0 Å². The number of rotatable bonds is 5. The van der Waals surface area contributed by atoms with Crippen LogP contribution in [0.5, 0.6) is 0 Å². The molecule has 3 rings (SSSR count). The molecular weight excluding hydrogens is 284 g/mol. The van der Waals surface area contributed by atoms with Gasteiger partial charge in [0.05, 0.1) is 6.04 Å². The average molecular weight is 308 g/mol. The Balaban J connectivity index is 1.72. The molecule has 3 heteroatoms. The highest BCUT2D eigenvalue weighted by Gasteiger charge is 2.24. The van der Waals surface area contributed by atoms with E-state index in [4.69, 9.17) is 0 Å². The summed E-state index contributed by atoms with van der Waals surface area (Å²) in [7, 11) is 0. The van der Waals surface area contributed by atoms with E-state index in [2.05, 4.69) is 36.3 Å². The first kappa shape index (κ1) is 15.6. The summed E-state index contributed by atoms with van der Waals surface area (Å²) in [5, 5.41) is 4.27. The summed E-state index contributed by atoms with van der Waals surface area (Å²) in [6.45, 7) is 4.33. The number of nitrogens with one attached hydrogen (secondary N) is 2. The Hall–Kier alpha value is -2.29. The lowest BCUT2D eigenvalue weighted by molar-refractivity contribution is 0.0938. The van der Waals surface area contributed by atoms with E-state index in [-0.39, 0.29) is 11.9 Å². The minimum absolute atomic E-state index is 0.0159. The molecule has 1 aliphatic rings. The van der Waals surface area contributed by atoms with E-state index in [0.29, 0.717) is 5.69 Å². The molecule has 1 heterocycles. The molecule has 23 heavy (non-hydrogen) atoms. The number of hydrogen-bond donors (Lipinski definition) is 2. The van der Waals surface area contributed by atoms with Gasteiger partial charge < -0.3 is 10.3 Å². The predicted molar refractivity (Wildman–Crippen MR) is 95.5 cm³/mol. The predicted octanol–water partition coefficient (Wildman–Crippen LogP) is 4.73. The summed E-state index contributed by atoms with van der Waals surface area (Å²) < 4.78 is 0. The van der Waals surface area contributed by atoms with E-state index in [0.717, 1.165) is 36.6 Å². The van der Waals surface area contributed by atoms with Gasteiger partial charge in [-0.25, -0.2) is 0 Å². The zero-order valence-electron chi connectivity index (χ0n) is 13.9. The Bertz CT molecular complexity index is 734. The first-order chi connectivity index (χ1) is 11.2. The van der Waals surface area contributed by atoms with Crippen LogP contribution in [0.2, 0.25) is 0 Å². The van der Waals surface area contributed by atoms with Crippen LogP contribution in [0, 0.1) is 0 Å². The number of benzene rings is 1. The average Bonchev–Trinajstić information content (AvgIpc) is 3.13. The number of carbonyl (C=O) groups is 1. The van der Waals surface area contributed by atoms with Crippen LogP contribution in [0.1, 0.15) is 50.0 Å². The molecule has 1 amide bonds. The number of amides is 1. The van der Waals surface area contributed by atoms with Crippen molar-refractivity contribution >= 4 is 16.8 Å². The van der Waals surface area contributed by atoms with Crippen molar-refractivity contribution in [3.05, 3.63) is 59.3 Å². The van der Waals surface area contributed by atoms with Crippen molar-refractivity contribution in [1.29, 1.82) is 0 Å². The summed E-state index contributed by atoms with van der Waals surface area (Å²) in [6, 6.07) is 10.1. The third kappa shape index (κ3) is 3.39. The molecule has 2 N–H and O–H groups in total. The highest BCUT2D eigenvalue weighted by molar-refractivity contribution is 5.98. The van der Waals surface area contributed by atoms with Gasteiger partial charge in [0.25, 0.3) is 5.91 Å². The summed E-state index contributed by atoms with van der Waals surface area (Å²) in [6.07, 6.45) is 8.48. The molecule has 1 aromatic heterocycles. The standard InChI is InChI=1S/C20H24N2O/c1-3-4-5-9-16-14(2)11-12-18(16)22-20(23)19-13-15-8-6-7-10-17(15)21-19/h4-8,10,13,18,21H,3,9,11-12H2,1-2H3,(H,22,23)/b5-4-. The highest BCUT2D eigenvalue weighted by Crippen LogP contribution is 2.29. The molecule has 0 spiro atoms. The zero-order valence-corrected chi connectivity index (χ0v) is 13.9. The van der Waals surface area contributed by atoms with Gasteiger partial charge in [0, 0.05) is 10.9 Å². The molecule has 3 nitrogen and oxygen atoms in total. The monoisotopic (exact) mass is 308 g/mol. The molecule has 0 saturated heterocycles. The third-order valence-electron chi connectivity index (χ3n) is 4.60. The highest BCUT2D eigenvalue weighted by atomic mass is 16.1. The first-order valence-corrected chi connectivity index (χ1v) is 8.41. The largest absolute Gasteiger partial charge is 0.351 e. The molecule has 0 aliphatic heterocycles. The smallest absolute Gasteiger partial charge is 0.268 e. The van der Waals surface area contributed by atoms with E-state index in [1.807, 2.05) is 30.3 Å². The van der Waals surface area contributed by atoms with E-state index >= 15 is 0 Å². The van der Waals surface area contributed by atoms with Gasteiger partial charge in [0.2, 0.25) is 0 Å². The fourth-order valence-corrected chi connectivity index (χ4v) is 3.28. The summed E-state index contributed by atoms with van der Waals surface area (Å²) in [4.78, 5) is 15.8. The number of H-pyrrole nitrogens is 1. The number of aromatic nitrogens is 1. The molecule has 0 fully saturated rings. The molecule has 120 valence electrons. The number of carbonyl (C=O) groups excluding carboxylic acids is 1. The van der Waals surface area contributed by atoms with Crippen LogP contribution in [0.3, 0.4) is 0 Å². The van der Waals surface area contributed by atoms with Crippen molar-refractivity contribution in [1.82, 2.24) is 10.3 Å². The fraction of sp³-hybridized carbons (Fsp3) is 0.350. The van der Waals surface area contributed by atoms with E-state index in [1.165, 1.54) is 11.1 Å². The van der Waals surface area contributed by atoms with Crippen LogP contribution in [-0.4, -0.2) is 16.9 Å². The molecule has 0 radical (unpaired) electrons. The van der Waals surface area contributed by atoms with Gasteiger partial charge in [-0.2, -0.15) is 0 Å². The Kier molecular flexibility index (Phi) is 4.65. The summed E-state index contributed by atoms with van der Waals surface area (Å²) in [5.41, 5.74) is 4.44. The normalized spacial score (nSPS) is 18.3. The Morgan fingerprint density at radius 3 is 2.96 bits per heavy atom. The van der Waals surface area contributed by atoms with Gasteiger partial charge in [0.1, 0.15) is 5.69 Å². The molecule has 0 bridgehead atoms. The van der Waals surface area contributed by atoms with Gasteiger partial charge in [-0.05, 0) is 50.3 Å². The molecule has 2 aromatic rings. The van der Waals surface area contributed by atoms with Crippen molar-refractivity contribution in [2.45, 2.75) is 45.6 Å². The second-order valence-corrected chi connectivity index (χ2v) is 6.22. The lowest BCUT2D eigenvalue weighted by atomic mass is 10.0. The minimum atomic E-state index is -0.0159. The van der Waals surface area contributed by atoms with Crippen LogP contribution in [0.25, 0.3) is 10.9 Å². The maximum absolute atomic E-state index is 12.6. The van der Waals surface area contributed by atoms with E-state index < -0.39 is 0 Å². The molecule has 1 unspecified atom stereocenters. The van der Waals surface area contributed by atoms with Gasteiger partial charge >= 0.3 is 0 Å². The lowest BCUT2D eigenvalue weighted by Gasteiger charge is -2.16. The van der Waals surface area contributed by atoms with Gasteiger partial charge in [-0.1, -0.05) is 42.8 Å². The minimum Gasteiger partial charge on any atom is -0.351 e. The molecule has 1 atom stereocenters. The SMILES string of the molecule is CC/C=C\CC1=C(C)CCC1NC(=O)c1cc2ccccc2[nH]1. The van der Waals surface area contributed by atoms with Crippen molar-refractivity contribution in [2.24, 2.45) is 0 Å². The van der Waals surface area contributed by atoms with Crippen molar-refractivity contribution in [3.63, 3.8) is 0 Å². The maximum atomic E-state index is 12.6. The van der Waals surface area contributed by atoms with Gasteiger partial charge in [-0.3, -0.25) is 4.79 Å². The molecular formula is C20H24N2O. The summed E-state index contributed by atoms with van der Waals surface area (Å²) in [5.74, 6) is -0.0159. The van der Waals surface area contributed by atoms with E-state index in [9.17, 15) is 4.79 Å². The summed E-state index contributed by atoms with van der Waals surface area (Å²) >= 11 is 0. The van der Waals surface area contributed by atoms with Gasteiger partial charge in [-0.15, -0.1) is 0 Å². The second kappa shape index (κ2) is 6.86. The Morgan fingerprint density at radius 2 is 2.17 bits per heavy atom.